The number of furan rings is 1. The van der Waals surface area contributed by atoms with Gasteiger partial charge in [-0.2, -0.15) is 0 Å². The van der Waals surface area contributed by atoms with Crippen molar-refractivity contribution in [3.05, 3.63) is 36.3 Å². The van der Waals surface area contributed by atoms with Gasteiger partial charge < -0.3 is 19.5 Å². The third-order valence-electron chi connectivity index (χ3n) is 5.22. The summed E-state index contributed by atoms with van der Waals surface area (Å²) in [7, 11) is 0. The number of piperazine rings is 1. The zero-order valence-corrected chi connectivity index (χ0v) is 17.0. The molecule has 3 rings (SSSR count). The summed E-state index contributed by atoms with van der Waals surface area (Å²) in [4.78, 5) is 23.6. The summed E-state index contributed by atoms with van der Waals surface area (Å²) < 4.78 is 5.40. The summed E-state index contributed by atoms with van der Waals surface area (Å²) in [5.41, 5.74) is 1.04. The van der Waals surface area contributed by atoms with Gasteiger partial charge in [-0.3, -0.25) is 9.69 Å². The molecule has 0 spiro atoms. The first-order valence-corrected chi connectivity index (χ1v) is 10.3. The van der Waals surface area contributed by atoms with Gasteiger partial charge in [0.15, 0.2) is 5.96 Å². The molecule has 0 saturated carbocycles. The number of carbonyl (C=O) groups is 1. The lowest BCUT2D eigenvalue weighted by Crippen LogP contribution is -2.54. The standard InChI is InChI=1S/C21H33N5O2/c1-18(2)16-23-21(22-8-7-19-6-5-15-28-19)26-13-11-24(12-14-26)17-20(27)25-9-3-4-10-25/h5-6,15H,1,3-4,7-14,16-17H2,2H3,(H,22,23). The number of guanidine groups is 1. The van der Waals surface area contributed by atoms with Gasteiger partial charge in [-0.15, -0.1) is 0 Å². The monoisotopic (exact) mass is 387 g/mol. The van der Waals surface area contributed by atoms with Crippen LogP contribution in [-0.2, 0) is 11.2 Å². The van der Waals surface area contributed by atoms with Crippen LogP contribution in [0.1, 0.15) is 25.5 Å². The summed E-state index contributed by atoms with van der Waals surface area (Å²) in [6.07, 6.45) is 4.81. The quantitative estimate of drug-likeness (QED) is 0.437. The number of amides is 1. The average Bonchev–Trinajstić information content (AvgIpc) is 3.39. The van der Waals surface area contributed by atoms with E-state index in [0.29, 0.717) is 13.1 Å². The molecule has 2 aliphatic heterocycles. The van der Waals surface area contributed by atoms with E-state index in [1.54, 1.807) is 6.26 Å². The second kappa shape index (κ2) is 10.3. The molecule has 154 valence electrons. The topological polar surface area (TPSA) is 64.3 Å². The molecule has 7 heteroatoms. The molecular weight excluding hydrogens is 354 g/mol. The highest BCUT2D eigenvalue weighted by Crippen LogP contribution is 2.10. The van der Waals surface area contributed by atoms with Crippen LogP contribution >= 0.6 is 0 Å². The fourth-order valence-electron chi connectivity index (χ4n) is 3.61. The molecule has 1 aromatic heterocycles. The number of carbonyl (C=O) groups excluding carboxylic acids is 1. The van der Waals surface area contributed by atoms with Crippen LogP contribution in [0.4, 0.5) is 0 Å². The van der Waals surface area contributed by atoms with Crippen molar-refractivity contribution in [1.82, 2.24) is 20.0 Å². The lowest BCUT2D eigenvalue weighted by atomic mass is 10.3. The van der Waals surface area contributed by atoms with Crippen molar-refractivity contribution in [2.24, 2.45) is 4.99 Å². The largest absolute Gasteiger partial charge is 0.469 e. The molecule has 0 atom stereocenters. The van der Waals surface area contributed by atoms with E-state index in [4.69, 9.17) is 9.41 Å². The Labute approximate surface area is 168 Å². The molecule has 7 nitrogen and oxygen atoms in total. The van der Waals surface area contributed by atoms with Crippen LogP contribution in [-0.4, -0.2) is 85.5 Å². The molecule has 28 heavy (non-hydrogen) atoms. The summed E-state index contributed by atoms with van der Waals surface area (Å²) in [6.45, 7) is 13.2. The maximum atomic E-state index is 12.4. The molecule has 0 aliphatic carbocycles. The Hall–Kier alpha value is -2.28. The van der Waals surface area contributed by atoms with E-state index in [1.165, 1.54) is 0 Å². The lowest BCUT2D eigenvalue weighted by molar-refractivity contribution is -0.131. The van der Waals surface area contributed by atoms with E-state index in [-0.39, 0.29) is 5.91 Å². The summed E-state index contributed by atoms with van der Waals surface area (Å²) in [5.74, 6) is 2.16. The normalized spacial score (nSPS) is 18.5. The van der Waals surface area contributed by atoms with Crippen LogP contribution in [0.15, 0.2) is 40.0 Å². The minimum atomic E-state index is 0.277. The predicted octanol–water partition coefficient (Wildman–Crippen LogP) is 1.58. The first-order chi connectivity index (χ1) is 13.6. The SMILES string of the molecule is C=C(C)CN=C(NCCc1ccco1)N1CCN(CC(=O)N2CCCC2)CC1. The molecule has 2 saturated heterocycles. The molecule has 0 unspecified atom stereocenters. The number of hydrogen-bond acceptors (Lipinski definition) is 4. The number of nitrogens with one attached hydrogen (secondary N) is 1. The van der Waals surface area contributed by atoms with E-state index >= 15 is 0 Å². The van der Waals surface area contributed by atoms with Crippen molar-refractivity contribution >= 4 is 11.9 Å². The van der Waals surface area contributed by atoms with Gasteiger partial charge in [0.1, 0.15) is 5.76 Å². The van der Waals surface area contributed by atoms with E-state index < -0.39 is 0 Å². The van der Waals surface area contributed by atoms with Crippen molar-refractivity contribution in [2.75, 3.05) is 58.9 Å². The Kier molecular flexibility index (Phi) is 7.54. The van der Waals surface area contributed by atoms with Crippen LogP contribution in [0, 0.1) is 0 Å². The number of likely N-dealkylation sites (tertiary alicyclic amines) is 1. The van der Waals surface area contributed by atoms with Crippen LogP contribution in [0.25, 0.3) is 0 Å². The highest BCUT2D eigenvalue weighted by atomic mass is 16.3. The Balaban J connectivity index is 1.47. The third kappa shape index (κ3) is 6.12. The van der Waals surface area contributed by atoms with Crippen molar-refractivity contribution in [1.29, 1.82) is 0 Å². The summed E-state index contributed by atoms with van der Waals surface area (Å²) in [6, 6.07) is 3.90. The molecule has 1 amide bonds. The highest BCUT2D eigenvalue weighted by Gasteiger charge is 2.24. The lowest BCUT2D eigenvalue weighted by Gasteiger charge is -2.36. The number of aliphatic imine (C=N–C) groups is 1. The van der Waals surface area contributed by atoms with Gasteiger partial charge in [-0.1, -0.05) is 12.2 Å². The molecule has 1 aromatic rings. The van der Waals surface area contributed by atoms with Gasteiger partial charge in [-0.05, 0) is 31.9 Å². The first kappa shape index (κ1) is 20.5. The number of nitrogens with zero attached hydrogens (tertiary/aromatic N) is 4. The summed E-state index contributed by atoms with van der Waals surface area (Å²) >= 11 is 0. The van der Waals surface area contributed by atoms with Gasteiger partial charge in [0, 0.05) is 52.2 Å². The van der Waals surface area contributed by atoms with E-state index in [1.807, 2.05) is 24.0 Å². The van der Waals surface area contributed by atoms with Crippen LogP contribution in [0.5, 0.6) is 0 Å². The minimum Gasteiger partial charge on any atom is -0.469 e. The highest BCUT2D eigenvalue weighted by molar-refractivity contribution is 5.80. The second-order valence-corrected chi connectivity index (χ2v) is 7.70. The van der Waals surface area contributed by atoms with Gasteiger partial charge in [0.05, 0.1) is 19.4 Å². The second-order valence-electron chi connectivity index (χ2n) is 7.70. The van der Waals surface area contributed by atoms with Gasteiger partial charge >= 0.3 is 0 Å². The molecular formula is C21H33N5O2. The van der Waals surface area contributed by atoms with Crippen LogP contribution in [0.2, 0.25) is 0 Å². The Morgan fingerprint density at radius 1 is 1.18 bits per heavy atom. The average molecular weight is 388 g/mol. The minimum absolute atomic E-state index is 0.277. The Morgan fingerprint density at radius 3 is 2.57 bits per heavy atom. The van der Waals surface area contributed by atoms with Crippen LogP contribution < -0.4 is 5.32 Å². The zero-order valence-electron chi connectivity index (χ0n) is 17.0. The molecule has 0 aromatic carbocycles. The van der Waals surface area contributed by atoms with Crippen molar-refractivity contribution in [3.8, 4) is 0 Å². The Morgan fingerprint density at radius 2 is 1.93 bits per heavy atom. The van der Waals surface area contributed by atoms with E-state index in [9.17, 15) is 4.79 Å². The van der Waals surface area contributed by atoms with Crippen molar-refractivity contribution in [3.63, 3.8) is 0 Å². The zero-order chi connectivity index (χ0) is 19.8. The van der Waals surface area contributed by atoms with Gasteiger partial charge in [0.25, 0.3) is 0 Å². The number of hydrogen-bond donors (Lipinski definition) is 1. The molecule has 3 heterocycles. The number of rotatable bonds is 7. The fourth-order valence-corrected chi connectivity index (χ4v) is 3.61. The maximum Gasteiger partial charge on any atom is 0.236 e. The van der Waals surface area contributed by atoms with Crippen molar-refractivity contribution < 1.29 is 9.21 Å². The molecule has 0 radical (unpaired) electrons. The van der Waals surface area contributed by atoms with Crippen molar-refractivity contribution in [2.45, 2.75) is 26.2 Å². The predicted molar refractivity (Wildman–Crippen MR) is 111 cm³/mol. The molecule has 1 N–H and O–H groups in total. The molecule has 2 fully saturated rings. The smallest absolute Gasteiger partial charge is 0.236 e. The Bertz CT molecular complexity index is 656. The van der Waals surface area contributed by atoms with E-state index in [2.05, 4.69) is 21.7 Å². The maximum absolute atomic E-state index is 12.4. The fraction of sp³-hybridized carbons (Fsp3) is 0.619. The third-order valence-corrected chi connectivity index (χ3v) is 5.22. The van der Waals surface area contributed by atoms with E-state index in [0.717, 1.165) is 82.4 Å². The molecule has 0 bridgehead atoms. The van der Waals surface area contributed by atoms with Gasteiger partial charge in [0.2, 0.25) is 5.91 Å². The molecule has 2 aliphatic rings. The van der Waals surface area contributed by atoms with Crippen LogP contribution in [0.3, 0.4) is 0 Å². The van der Waals surface area contributed by atoms with Gasteiger partial charge in [-0.25, -0.2) is 4.99 Å². The first-order valence-electron chi connectivity index (χ1n) is 10.3. The summed E-state index contributed by atoms with van der Waals surface area (Å²) in [5, 5.41) is 3.46.